The summed E-state index contributed by atoms with van der Waals surface area (Å²) >= 11 is 3.15. The highest BCUT2D eigenvalue weighted by molar-refractivity contribution is 9.09. The van der Waals surface area contributed by atoms with Crippen molar-refractivity contribution in [2.75, 3.05) is 11.9 Å². The van der Waals surface area contributed by atoms with Gasteiger partial charge in [0.2, 0.25) is 0 Å². The van der Waals surface area contributed by atoms with Gasteiger partial charge in [-0.1, -0.05) is 89.9 Å². The molecule has 0 aromatic heterocycles. The zero-order valence-corrected chi connectivity index (χ0v) is 30.1. The van der Waals surface area contributed by atoms with Crippen LogP contribution < -0.4 is 9.47 Å². The second-order valence-electron chi connectivity index (χ2n) is 12.3. The summed E-state index contributed by atoms with van der Waals surface area (Å²) in [6.45, 7) is 10.5. The van der Waals surface area contributed by atoms with E-state index >= 15 is 0 Å². The SMILES string of the molecule is CCC[C@@H](C)N(CC(=O)c1ccc(OCc2ccccc2)cc1)C(=O)OC(C)(C)C.O=C(CBr)c1ccc(OCc2ccccc2)cc1. The Hall–Kier alpha value is -4.43. The molecule has 0 fully saturated rings. The highest BCUT2D eigenvalue weighted by Gasteiger charge is 2.27. The number of nitrogens with zero attached hydrogens (tertiary/aromatic N) is 1. The Kier molecular flexibility index (Phi) is 15.4. The van der Waals surface area contributed by atoms with Crippen LogP contribution in [0.1, 0.15) is 79.3 Å². The average Bonchev–Trinajstić information content (AvgIpc) is 3.09. The van der Waals surface area contributed by atoms with Crippen LogP contribution in [0, 0.1) is 0 Å². The summed E-state index contributed by atoms with van der Waals surface area (Å²) in [4.78, 5) is 38.4. The molecule has 4 aromatic carbocycles. The van der Waals surface area contributed by atoms with Gasteiger partial charge in [-0.05, 0) is 93.8 Å². The molecule has 0 aliphatic carbocycles. The highest BCUT2D eigenvalue weighted by atomic mass is 79.9. The number of hydrogen-bond donors (Lipinski definition) is 0. The lowest BCUT2D eigenvalue weighted by atomic mass is 10.1. The van der Waals surface area contributed by atoms with Crippen molar-refractivity contribution in [3.63, 3.8) is 0 Å². The normalized spacial score (nSPS) is 11.4. The molecule has 0 N–H and O–H groups in total. The van der Waals surface area contributed by atoms with Crippen LogP contribution in [0.25, 0.3) is 0 Å². The maximum absolute atomic E-state index is 12.8. The van der Waals surface area contributed by atoms with Crippen molar-refractivity contribution in [2.45, 2.75) is 72.3 Å². The fraction of sp³-hybridized carbons (Fsp3) is 0.325. The summed E-state index contributed by atoms with van der Waals surface area (Å²) in [6, 6.07) is 34.0. The number of halogens is 1. The summed E-state index contributed by atoms with van der Waals surface area (Å²) in [6.07, 6.45) is 1.26. The van der Waals surface area contributed by atoms with Gasteiger partial charge in [-0.15, -0.1) is 0 Å². The first kappa shape index (κ1) is 38.0. The second-order valence-corrected chi connectivity index (χ2v) is 12.9. The summed E-state index contributed by atoms with van der Waals surface area (Å²) in [5, 5.41) is 0.344. The fourth-order valence-corrected chi connectivity index (χ4v) is 4.90. The van der Waals surface area contributed by atoms with Crippen LogP contribution in [-0.2, 0) is 18.0 Å². The number of benzene rings is 4. The predicted octanol–water partition coefficient (Wildman–Crippen LogP) is 9.72. The van der Waals surface area contributed by atoms with Crippen molar-refractivity contribution in [3.05, 3.63) is 131 Å². The lowest BCUT2D eigenvalue weighted by molar-refractivity contribution is 0.0169. The van der Waals surface area contributed by atoms with Gasteiger partial charge in [-0.3, -0.25) is 14.5 Å². The zero-order chi connectivity index (χ0) is 34.9. The van der Waals surface area contributed by atoms with E-state index in [2.05, 4.69) is 22.9 Å². The molecule has 8 heteroatoms. The molecule has 0 bridgehead atoms. The van der Waals surface area contributed by atoms with E-state index in [-0.39, 0.29) is 24.2 Å². The Morgan fingerprint density at radius 3 is 1.52 bits per heavy atom. The summed E-state index contributed by atoms with van der Waals surface area (Å²) in [5.74, 6) is 1.41. The zero-order valence-electron chi connectivity index (χ0n) is 28.5. The molecule has 0 aliphatic rings. The van der Waals surface area contributed by atoms with Crippen LogP contribution >= 0.6 is 15.9 Å². The van der Waals surface area contributed by atoms with Gasteiger partial charge in [0.1, 0.15) is 30.3 Å². The third kappa shape index (κ3) is 13.4. The van der Waals surface area contributed by atoms with Gasteiger partial charge < -0.3 is 14.2 Å². The van der Waals surface area contributed by atoms with E-state index in [0.717, 1.165) is 29.7 Å². The number of rotatable bonds is 14. The van der Waals surface area contributed by atoms with E-state index in [9.17, 15) is 14.4 Å². The van der Waals surface area contributed by atoms with Gasteiger partial charge in [-0.25, -0.2) is 4.79 Å². The molecule has 1 amide bonds. The molecular formula is C40H46BrNO6. The van der Waals surface area contributed by atoms with Crippen molar-refractivity contribution < 1.29 is 28.6 Å². The van der Waals surface area contributed by atoms with Crippen molar-refractivity contribution in [1.82, 2.24) is 4.90 Å². The topological polar surface area (TPSA) is 82.1 Å². The Morgan fingerprint density at radius 1 is 0.688 bits per heavy atom. The molecule has 4 aromatic rings. The van der Waals surface area contributed by atoms with E-state index in [0.29, 0.717) is 35.4 Å². The van der Waals surface area contributed by atoms with Crippen LogP contribution in [0.5, 0.6) is 11.5 Å². The highest BCUT2D eigenvalue weighted by Crippen LogP contribution is 2.19. The molecule has 0 heterocycles. The van der Waals surface area contributed by atoms with Crippen LogP contribution in [-0.4, -0.2) is 46.1 Å². The van der Waals surface area contributed by atoms with Gasteiger partial charge in [0.15, 0.2) is 11.6 Å². The monoisotopic (exact) mass is 715 g/mol. The maximum atomic E-state index is 12.8. The number of amides is 1. The summed E-state index contributed by atoms with van der Waals surface area (Å²) < 4.78 is 16.9. The third-order valence-corrected chi connectivity index (χ3v) is 7.66. The average molecular weight is 717 g/mol. The lowest BCUT2D eigenvalue weighted by Gasteiger charge is -2.31. The lowest BCUT2D eigenvalue weighted by Crippen LogP contribution is -2.44. The molecule has 0 saturated heterocycles. The molecule has 0 aliphatic heterocycles. The standard InChI is InChI=1S/C25H33NO4.C15H13BrO2/c1-6-10-19(2)26(24(28)30-25(3,4)5)17-23(27)21-13-15-22(16-14-21)29-18-20-11-8-7-9-12-20;16-10-15(17)13-6-8-14(9-7-13)18-11-12-4-2-1-3-5-12/h7-9,11-16,19H,6,10,17-18H2,1-5H3;1-9H,10-11H2/t19-;/m1./s1. The molecule has 4 rings (SSSR count). The number of ether oxygens (including phenoxy) is 3. The molecule has 0 spiro atoms. The predicted molar refractivity (Wildman–Crippen MR) is 194 cm³/mol. The Morgan fingerprint density at radius 2 is 1.12 bits per heavy atom. The van der Waals surface area contributed by atoms with Crippen molar-refractivity contribution >= 4 is 33.6 Å². The van der Waals surface area contributed by atoms with Crippen LogP contribution in [0.4, 0.5) is 4.79 Å². The first-order chi connectivity index (χ1) is 23.0. The number of carbonyl (C=O) groups is 3. The number of carbonyl (C=O) groups excluding carboxylic acids is 3. The van der Waals surface area contributed by atoms with Gasteiger partial charge in [-0.2, -0.15) is 0 Å². The van der Waals surface area contributed by atoms with E-state index in [1.165, 1.54) is 4.90 Å². The van der Waals surface area contributed by atoms with Crippen molar-refractivity contribution in [1.29, 1.82) is 0 Å². The largest absolute Gasteiger partial charge is 0.489 e. The molecular weight excluding hydrogens is 670 g/mol. The molecule has 254 valence electrons. The quantitative estimate of drug-likeness (QED) is 0.0955. The van der Waals surface area contributed by atoms with Crippen LogP contribution in [0.3, 0.4) is 0 Å². The summed E-state index contributed by atoms with van der Waals surface area (Å²) in [7, 11) is 0. The fourth-order valence-electron chi connectivity index (χ4n) is 4.57. The first-order valence-corrected chi connectivity index (χ1v) is 17.3. The molecule has 0 saturated carbocycles. The third-order valence-electron chi connectivity index (χ3n) is 7.15. The Bertz CT molecular complexity index is 1550. The number of ketones is 2. The Labute approximate surface area is 293 Å². The molecule has 0 radical (unpaired) electrons. The minimum Gasteiger partial charge on any atom is -0.489 e. The maximum Gasteiger partial charge on any atom is 0.410 e. The van der Waals surface area contributed by atoms with Gasteiger partial charge in [0.25, 0.3) is 0 Å². The van der Waals surface area contributed by atoms with E-state index in [4.69, 9.17) is 14.2 Å². The van der Waals surface area contributed by atoms with E-state index < -0.39 is 11.7 Å². The number of alkyl halides is 1. The van der Waals surface area contributed by atoms with Gasteiger partial charge in [0, 0.05) is 17.2 Å². The molecule has 0 unspecified atom stereocenters. The van der Waals surface area contributed by atoms with Crippen molar-refractivity contribution in [2.24, 2.45) is 0 Å². The smallest absolute Gasteiger partial charge is 0.410 e. The molecule has 7 nitrogen and oxygen atoms in total. The van der Waals surface area contributed by atoms with Crippen LogP contribution in [0.2, 0.25) is 0 Å². The van der Waals surface area contributed by atoms with Gasteiger partial charge >= 0.3 is 6.09 Å². The van der Waals surface area contributed by atoms with Gasteiger partial charge in [0.05, 0.1) is 11.9 Å². The van der Waals surface area contributed by atoms with Crippen molar-refractivity contribution in [3.8, 4) is 11.5 Å². The van der Waals surface area contributed by atoms with Crippen LogP contribution in [0.15, 0.2) is 109 Å². The van der Waals surface area contributed by atoms with E-state index in [1.807, 2.05) is 100 Å². The number of Topliss-reactive ketones (excluding diaryl/α,β-unsaturated/α-hetero) is 2. The van der Waals surface area contributed by atoms with E-state index in [1.54, 1.807) is 36.4 Å². The summed E-state index contributed by atoms with van der Waals surface area (Å²) in [5.41, 5.74) is 2.83. The molecule has 1 atom stereocenters. The second kappa shape index (κ2) is 19.4. The minimum absolute atomic E-state index is 0.0136. The first-order valence-electron chi connectivity index (χ1n) is 16.1. The molecule has 48 heavy (non-hydrogen) atoms. The Balaban J connectivity index is 0.000000294. The number of hydrogen-bond acceptors (Lipinski definition) is 6. The minimum atomic E-state index is -0.609.